The first-order valence-electron chi connectivity index (χ1n) is 10.2. The van der Waals surface area contributed by atoms with Crippen LogP contribution in [0, 0.1) is 17.8 Å². The summed E-state index contributed by atoms with van der Waals surface area (Å²) in [4.78, 5) is 12.5. The highest BCUT2D eigenvalue weighted by Crippen LogP contribution is 2.57. The quantitative estimate of drug-likeness (QED) is 0.790. The molecule has 4 aliphatic carbocycles. The smallest absolute Gasteiger partial charge is 0.251 e. The largest absolute Gasteiger partial charge is 0.493 e. The Kier molecular flexibility index (Phi) is 5.06. The van der Waals surface area contributed by atoms with Crippen molar-refractivity contribution in [3.05, 3.63) is 23.8 Å². The fourth-order valence-corrected chi connectivity index (χ4v) is 5.96. The summed E-state index contributed by atoms with van der Waals surface area (Å²) >= 11 is 0. The number of benzene rings is 1. The van der Waals surface area contributed by atoms with E-state index in [9.17, 15) is 4.79 Å². The van der Waals surface area contributed by atoms with E-state index < -0.39 is 0 Å². The molecule has 0 heterocycles. The predicted octanol–water partition coefficient (Wildman–Crippen LogP) is 3.81. The molecule has 1 N–H and O–H groups in total. The van der Waals surface area contributed by atoms with Gasteiger partial charge >= 0.3 is 0 Å². The number of ether oxygens (including phenoxy) is 3. The topological polar surface area (TPSA) is 56.8 Å². The van der Waals surface area contributed by atoms with Gasteiger partial charge in [-0.25, -0.2) is 0 Å². The molecular weight excluding hydrogens is 342 g/mol. The number of amides is 1. The van der Waals surface area contributed by atoms with E-state index in [1.807, 2.05) is 0 Å². The standard InChI is InChI=1S/C22H31NO4/c1-14(27-22-10-15-6-16(11-22)8-17(7-15)12-22)13-23-21(24)18-4-5-19(25-2)20(9-18)26-3/h4-5,9,14-17H,6-8,10-13H2,1-3H3,(H,23,24). The summed E-state index contributed by atoms with van der Waals surface area (Å²) in [6.07, 6.45) is 7.89. The zero-order chi connectivity index (χ0) is 19.0. The van der Waals surface area contributed by atoms with E-state index in [2.05, 4.69) is 12.2 Å². The molecule has 1 amide bonds. The molecule has 1 aromatic carbocycles. The molecule has 4 aliphatic rings. The summed E-state index contributed by atoms with van der Waals surface area (Å²) in [6, 6.07) is 5.21. The lowest BCUT2D eigenvalue weighted by atomic mass is 9.54. The maximum atomic E-state index is 12.5. The van der Waals surface area contributed by atoms with Crippen LogP contribution in [0.25, 0.3) is 0 Å². The van der Waals surface area contributed by atoms with Gasteiger partial charge in [0.1, 0.15) is 0 Å². The molecule has 0 radical (unpaired) electrons. The second kappa shape index (κ2) is 7.34. The SMILES string of the molecule is COc1ccc(C(=O)NCC(C)OC23CC4CC(CC(C4)C2)C3)cc1OC. The molecule has 0 aromatic heterocycles. The molecule has 148 valence electrons. The third kappa shape index (κ3) is 3.79. The Hall–Kier alpha value is -1.75. The summed E-state index contributed by atoms with van der Waals surface area (Å²) < 4.78 is 17.1. The van der Waals surface area contributed by atoms with E-state index in [1.54, 1.807) is 32.4 Å². The van der Waals surface area contributed by atoms with Crippen molar-refractivity contribution in [1.82, 2.24) is 5.32 Å². The molecule has 27 heavy (non-hydrogen) atoms. The molecular formula is C22H31NO4. The maximum absolute atomic E-state index is 12.5. The fraction of sp³-hybridized carbons (Fsp3) is 0.682. The van der Waals surface area contributed by atoms with Crippen LogP contribution in [-0.2, 0) is 4.74 Å². The average molecular weight is 373 g/mol. The highest BCUT2D eigenvalue weighted by molar-refractivity contribution is 5.94. The highest BCUT2D eigenvalue weighted by Gasteiger charge is 2.52. The molecule has 5 rings (SSSR count). The number of carbonyl (C=O) groups excluding carboxylic acids is 1. The summed E-state index contributed by atoms with van der Waals surface area (Å²) in [7, 11) is 3.15. The molecule has 5 heteroatoms. The van der Waals surface area contributed by atoms with Crippen molar-refractivity contribution in [1.29, 1.82) is 0 Å². The van der Waals surface area contributed by atoms with Crippen molar-refractivity contribution in [3.63, 3.8) is 0 Å². The lowest BCUT2D eigenvalue weighted by Gasteiger charge is -2.57. The van der Waals surface area contributed by atoms with Gasteiger partial charge in [0, 0.05) is 12.1 Å². The molecule has 0 spiro atoms. The minimum Gasteiger partial charge on any atom is -0.493 e. The first kappa shape index (κ1) is 18.6. The first-order chi connectivity index (χ1) is 13.0. The molecule has 4 saturated carbocycles. The second-order valence-corrected chi connectivity index (χ2v) is 8.81. The molecule has 4 bridgehead atoms. The third-order valence-corrected chi connectivity index (χ3v) is 6.63. The van der Waals surface area contributed by atoms with Crippen molar-refractivity contribution in [2.45, 2.75) is 57.2 Å². The molecule has 4 fully saturated rings. The molecule has 1 aromatic rings. The van der Waals surface area contributed by atoms with Crippen LogP contribution < -0.4 is 14.8 Å². The van der Waals surface area contributed by atoms with E-state index in [0.29, 0.717) is 23.6 Å². The molecule has 0 aliphatic heterocycles. The maximum Gasteiger partial charge on any atom is 0.251 e. The van der Waals surface area contributed by atoms with Crippen LogP contribution in [0.5, 0.6) is 11.5 Å². The van der Waals surface area contributed by atoms with Crippen LogP contribution in [-0.4, -0.2) is 38.4 Å². The van der Waals surface area contributed by atoms with Crippen molar-refractivity contribution >= 4 is 5.91 Å². The van der Waals surface area contributed by atoms with E-state index >= 15 is 0 Å². The Morgan fingerprint density at radius 3 is 2.22 bits per heavy atom. The molecule has 5 nitrogen and oxygen atoms in total. The fourth-order valence-electron chi connectivity index (χ4n) is 5.96. The van der Waals surface area contributed by atoms with Crippen LogP contribution in [0.1, 0.15) is 55.8 Å². The summed E-state index contributed by atoms with van der Waals surface area (Å²) in [5.41, 5.74) is 0.636. The van der Waals surface area contributed by atoms with Crippen molar-refractivity contribution in [3.8, 4) is 11.5 Å². The van der Waals surface area contributed by atoms with Crippen LogP contribution in [0.4, 0.5) is 0 Å². The van der Waals surface area contributed by atoms with Gasteiger partial charge in [-0.15, -0.1) is 0 Å². The molecule has 1 unspecified atom stereocenters. The van der Waals surface area contributed by atoms with Gasteiger partial charge in [-0.05, 0) is 81.4 Å². The molecule has 1 atom stereocenters. The van der Waals surface area contributed by atoms with E-state index in [4.69, 9.17) is 14.2 Å². The Morgan fingerprint density at radius 1 is 1.07 bits per heavy atom. The van der Waals surface area contributed by atoms with Gasteiger partial charge in [-0.2, -0.15) is 0 Å². The van der Waals surface area contributed by atoms with E-state index in [1.165, 1.54) is 38.5 Å². The average Bonchev–Trinajstić information content (AvgIpc) is 2.64. The van der Waals surface area contributed by atoms with E-state index in [-0.39, 0.29) is 17.6 Å². The Balaban J connectivity index is 1.33. The number of hydrogen-bond acceptors (Lipinski definition) is 4. The monoisotopic (exact) mass is 373 g/mol. The summed E-state index contributed by atoms with van der Waals surface area (Å²) in [5.74, 6) is 3.66. The summed E-state index contributed by atoms with van der Waals surface area (Å²) in [6.45, 7) is 2.60. The number of rotatable bonds is 7. The predicted molar refractivity (Wildman–Crippen MR) is 103 cm³/mol. The van der Waals surface area contributed by atoms with Crippen LogP contribution >= 0.6 is 0 Å². The number of methoxy groups -OCH3 is 2. The lowest BCUT2D eigenvalue weighted by Crippen LogP contribution is -2.53. The van der Waals surface area contributed by atoms with Gasteiger partial charge < -0.3 is 19.5 Å². The van der Waals surface area contributed by atoms with Crippen LogP contribution in [0.15, 0.2) is 18.2 Å². The van der Waals surface area contributed by atoms with Gasteiger partial charge in [0.05, 0.1) is 25.9 Å². The van der Waals surface area contributed by atoms with Crippen LogP contribution in [0.3, 0.4) is 0 Å². The van der Waals surface area contributed by atoms with Gasteiger partial charge in [0.15, 0.2) is 11.5 Å². The Morgan fingerprint density at radius 2 is 1.67 bits per heavy atom. The normalized spacial score (nSPS) is 32.2. The minimum atomic E-state index is -0.114. The Labute approximate surface area is 161 Å². The van der Waals surface area contributed by atoms with Gasteiger partial charge in [0.25, 0.3) is 5.91 Å². The zero-order valence-electron chi connectivity index (χ0n) is 16.6. The van der Waals surface area contributed by atoms with Gasteiger partial charge in [-0.3, -0.25) is 4.79 Å². The van der Waals surface area contributed by atoms with Crippen molar-refractivity contribution < 1.29 is 19.0 Å². The van der Waals surface area contributed by atoms with Crippen molar-refractivity contribution in [2.75, 3.05) is 20.8 Å². The highest BCUT2D eigenvalue weighted by atomic mass is 16.5. The number of carbonyl (C=O) groups is 1. The minimum absolute atomic E-state index is 0.0188. The zero-order valence-corrected chi connectivity index (χ0v) is 16.6. The number of nitrogens with one attached hydrogen (secondary N) is 1. The van der Waals surface area contributed by atoms with Crippen LogP contribution in [0.2, 0.25) is 0 Å². The van der Waals surface area contributed by atoms with E-state index in [0.717, 1.165) is 17.8 Å². The lowest BCUT2D eigenvalue weighted by molar-refractivity contribution is -0.182. The summed E-state index contributed by atoms with van der Waals surface area (Å²) in [5, 5.41) is 3.01. The third-order valence-electron chi connectivity index (χ3n) is 6.63. The van der Waals surface area contributed by atoms with Gasteiger partial charge in [-0.1, -0.05) is 0 Å². The Bertz CT molecular complexity index is 666. The number of hydrogen-bond donors (Lipinski definition) is 1. The molecule has 0 saturated heterocycles. The first-order valence-corrected chi connectivity index (χ1v) is 10.2. The van der Waals surface area contributed by atoms with Crippen molar-refractivity contribution in [2.24, 2.45) is 17.8 Å². The second-order valence-electron chi connectivity index (χ2n) is 8.81. The van der Waals surface area contributed by atoms with Gasteiger partial charge in [0.2, 0.25) is 0 Å².